The molecule has 1 unspecified atom stereocenters. The fraction of sp³-hybridized carbons (Fsp3) is 0.440. The SMILES string of the molecule is O=C(NCC(=O)N1CCC(N2CCC(c3ccccc3)CC2)C1)c1ccc2c(c1)OCO2. The second-order valence-corrected chi connectivity index (χ2v) is 8.75. The van der Waals surface area contributed by atoms with Gasteiger partial charge in [0.2, 0.25) is 12.7 Å². The van der Waals surface area contributed by atoms with Crippen LogP contribution in [0.3, 0.4) is 0 Å². The lowest BCUT2D eigenvalue weighted by Gasteiger charge is -2.36. The number of hydrogen-bond donors (Lipinski definition) is 1. The second-order valence-electron chi connectivity index (χ2n) is 8.75. The molecule has 2 fully saturated rings. The Labute approximate surface area is 188 Å². The van der Waals surface area contributed by atoms with E-state index in [2.05, 4.69) is 40.5 Å². The van der Waals surface area contributed by atoms with E-state index in [4.69, 9.17) is 9.47 Å². The summed E-state index contributed by atoms with van der Waals surface area (Å²) >= 11 is 0. The molecule has 5 rings (SSSR count). The van der Waals surface area contributed by atoms with E-state index in [1.165, 1.54) is 18.4 Å². The van der Waals surface area contributed by atoms with Crippen molar-refractivity contribution in [2.75, 3.05) is 39.5 Å². The summed E-state index contributed by atoms with van der Waals surface area (Å²) in [5, 5.41) is 2.75. The molecule has 0 aromatic heterocycles. The number of amides is 2. The standard InChI is InChI=1S/C25H29N3O4/c29-24(15-26-25(30)20-6-7-22-23(14-20)32-17-31-22)28-13-10-21(16-28)27-11-8-19(9-12-27)18-4-2-1-3-5-18/h1-7,14,19,21H,8-13,15-17H2,(H,26,30). The van der Waals surface area contributed by atoms with Crippen LogP contribution in [0.15, 0.2) is 48.5 Å². The number of nitrogens with one attached hydrogen (secondary N) is 1. The van der Waals surface area contributed by atoms with Gasteiger partial charge >= 0.3 is 0 Å². The molecule has 3 aliphatic heterocycles. The molecule has 0 bridgehead atoms. The molecule has 32 heavy (non-hydrogen) atoms. The summed E-state index contributed by atoms with van der Waals surface area (Å²) in [6.07, 6.45) is 3.33. The molecular formula is C25H29N3O4. The Morgan fingerprint density at radius 1 is 0.938 bits per heavy atom. The fourth-order valence-corrected chi connectivity index (χ4v) is 5.00. The lowest BCUT2D eigenvalue weighted by Crippen LogP contribution is -2.44. The van der Waals surface area contributed by atoms with Gasteiger partial charge in [-0.2, -0.15) is 0 Å². The van der Waals surface area contributed by atoms with Crippen molar-refractivity contribution in [1.82, 2.24) is 15.1 Å². The third-order valence-corrected chi connectivity index (χ3v) is 6.87. The number of hydrogen-bond acceptors (Lipinski definition) is 5. The van der Waals surface area contributed by atoms with E-state index >= 15 is 0 Å². The van der Waals surface area contributed by atoms with Gasteiger partial charge in [-0.15, -0.1) is 0 Å². The van der Waals surface area contributed by atoms with E-state index in [0.29, 0.717) is 29.0 Å². The number of carbonyl (C=O) groups excluding carboxylic acids is 2. The average molecular weight is 436 g/mol. The van der Waals surface area contributed by atoms with Gasteiger partial charge in [-0.05, 0) is 62.0 Å². The van der Waals surface area contributed by atoms with E-state index in [1.54, 1.807) is 18.2 Å². The molecule has 3 aliphatic rings. The number of fused-ring (bicyclic) bond motifs is 1. The fourth-order valence-electron chi connectivity index (χ4n) is 5.00. The molecule has 0 radical (unpaired) electrons. The molecule has 2 aromatic carbocycles. The molecule has 2 saturated heterocycles. The molecule has 168 valence electrons. The number of piperidine rings is 1. The smallest absolute Gasteiger partial charge is 0.251 e. The van der Waals surface area contributed by atoms with Gasteiger partial charge in [0.25, 0.3) is 5.91 Å². The largest absolute Gasteiger partial charge is 0.454 e. The van der Waals surface area contributed by atoms with Gasteiger partial charge in [-0.3, -0.25) is 14.5 Å². The first-order chi connectivity index (χ1) is 15.7. The lowest BCUT2D eigenvalue weighted by atomic mass is 9.89. The van der Waals surface area contributed by atoms with Gasteiger partial charge in [0.1, 0.15) is 0 Å². The van der Waals surface area contributed by atoms with Crippen molar-refractivity contribution >= 4 is 11.8 Å². The Morgan fingerprint density at radius 3 is 2.53 bits per heavy atom. The van der Waals surface area contributed by atoms with Crippen LogP contribution in [0.25, 0.3) is 0 Å². The third kappa shape index (κ3) is 4.43. The van der Waals surface area contributed by atoms with Crippen molar-refractivity contribution in [3.05, 3.63) is 59.7 Å². The maximum absolute atomic E-state index is 12.7. The second kappa shape index (κ2) is 9.20. The van der Waals surface area contributed by atoms with E-state index in [-0.39, 0.29) is 25.2 Å². The highest BCUT2D eigenvalue weighted by Gasteiger charge is 2.32. The number of carbonyl (C=O) groups is 2. The first kappa shape index (κ1) is 20.8. The minimum absolute atomic E-state index is 0.01000. The predicted octanol–water partition coefficient (Wildman–Crippen LogP) is 2.63. The van der Waals surface area contributed by atoms with Crippen LogP contribution >= 0.6 is 0 Å². The minimum atomic E-state index is -0.282. The molecule has 7 heteroatoms. The zero-order chi connectivity index (χ0) is 21.9. The summed E-state index contributed by atoms with van der Waals surface area (Å²) in [6, 6.07) is 16.2. The van der Waals surface area contributed by atoms with Gasteiger partial charge < -0.3 is 19.7 Å². The van der Waals surface area contributed by atoms with Crippen LogP contribution in [0.4, 0.5) is 0 Å². The zero-order valence-corrected chi connectivity index (χ0v) is 18.2. The van der Waals surface area contributed by atoms with Crippen LogP contribution < -0.4 is 14.8 Å². The Balaban J connectivity index is 1.08. The molecule has 0 aliphatic carbocycles. The number of ether oxygens (including phenoxy) is 2. The molecule has 0 saturated carbocycles. The number of nitrogens with zero attached hydrogens (tertiary/aromatic N) is 2. The van der Waals surface area contributed by atoms with Crippen LogP contribution in [-0.4, -0.2) is 67.2 Å². The topological polar surface area (TPSA) is 71.1 Å². The lowest BCUT2D eigenvalue weighted by molar-refractivity contribution is -0.129. The highest BCUT2D eigenvalue weighted by molar-refractivity contribution is 5.97. The van der Waals surface area contributed by atoms with Crippen molar-refractivity contribution in [1.29, 1.82) is 0 Å². The molecule has 2 amide bonds. The average Bonchev–Trinajstić information content (AvgIpc) is 3.52. The molecule has 3 heterocycles. The maximum atomic E-state index is 12.7. The van der Waals surface area contributed by atoms with Crippen molar-refractivity contribution in [3.63, 3.8) is 0 Å². The summed E-state index contributed by atoms with van der Waals surface area (Å²) in [5.41, 5.74) is 1.90. The zero-order valence-electron chi connectivity index (χ0n) is 18.2. The Kier molecular flexibility index (Phi) is 5.99. The monoisotopic (exact) mass is 435 g/mol. The van der Waals surface area contributed by atoms with Crippen LogP contribution in [0.5, 0.6) is 11.5 Å². The molecule has 7 nitrogen and oxygen atoms in total. The van der Waals surface area contributed by atoms with Gasteiger partial charge in [0.05, 0.1) is 6.54 Å². The summed E-state index contributed by atoms with van der Waals surface area (Å²) in [5.74, 6) is 1.52. The summed E-state index contributed by atoms with van der Waals surface area (Å²) in [7, 11) is 0. The number of rotatable bonds is 5. The van der Waals surface area contributed by atoms with Crippen LogP contribution in [0.2, 0.25) is 0 Å². The highest BCUT2D eigenvalue weighted by atomic mass is 16.7. The Hall–Kier alpha value is -3.06. The molecule has 0 spiro atoms. The van der Waals surface area contributed by atoms with Crippen molar-refractivity contribution in [2.24, 2.45) is 0 Å². The molecule has 1 atom stereocenters. The van der Waals surface area contributed by atoms with Crippen LogP contribution in [-0.2, 0) is 4.79 Å². The van der Waals surface area contributed by atoms with E-state index in [1.807, 2.05) is 4.90 Å². The van der Waals surface area contributed by atoms with Gasteiger partial charge in [-0.1, -0.05) is 30.3 Å². The van der Waals surface area contributed by atoms with Crippen molar-refractivity contribution < 1.29 is 19.1 Å². The van der Waals surface area contributed by atoms with Crippen molar-refractivity contribution in [3.8, 4) is 11.5 Å². The number of likely N-dealkylation sites (tertiary alicyclic amines) is 2. The van der Waals surface area contributed by atoms with Gasteiger partial charge in [-0.25, -0.2) is 0 Å². The Morgan fingerprint density at radius 2 is 1.72 bits per heavy atom. The van der Waals surface area contributed by atoms with E-state index in [9.17, 15) is 9.59 Å². The molecular weight excluding hydrogens is 406 g/mol. The highest BCUT2D eigenvalue weighted by Crippen LogP contribution is 2.32. The third-order valence-electron chi connectivity index (χ3n) is 6.87. The van der Waals surface area contributed by atoms with E-state index in [0.717, 1.165) is 32.6 Å². The van der Waals surface area contributed by atoms with Gasteiger partial charge in [0, 0.05) is 24.7 Å². The van der Waals surface area contributed by atoms with Crippen LogP contribution in [0, 0.1) is 0 Å². The van der Waals surface area contributed by atoms with Gasteiger partial charge in [0.15, 0.2) is 11.5 Å². The summed E-state index contributed by atoms with van der Waals surface area (Å²) in [4.78, 5) is 29.5. The molecule has 1 N–H and O–H groups in total. The maximum Gasteiger partial charge on any atom is 0.251 e. The normalized spacial score (nSPS) is 21.0. The first-order valence-electron chi connectivity index (χ1n) is 11.4. The summed E-state index contributed by atoms with van der Waals surface area (Å²) < 4.78 is 10.6. The van der Waals surface area contributed by atoms with E-state index < -0.39 is 0 Å². The number of benzene rings is 2. The minimum Gasteiger partial charge on any atom is -0.454 e. The molecule has 2 aromatic rings. The first-order valence-corrected chi connectivity index (χ1v) is 11.4. The summed E-state index contributed by atoms with van der Waals surface area (Å²) in [6.45, 7) is 3.83. The Bertz CT molecular complexity index is 972. The van der Waals surface area contributed by atoms with Crippen molar-refractivity contribution in [2.45, 2.75) is 31.2 Å². The quantitative estimate of drug-likeness (QED) is 0.782. The predicted molar refractivity (Wildman–Crippen MR) is 120 cm³/mol. The van der Waals surface area contributed by atoms with Crippen LogP contribution in [0.1, 0.15) is 41.1 Å².